The van der Waals surface area contributed by atoms with E-state index in [9.17, 15) is 14.4 Å². The monoisotopic (exact) mass is 442 g/mol. The van der Waals surface area contributed by atoms with Gasteiger partial charge in [0.1, 0.15) is 6.04 Å². The molecule has 2 fully saturated rings. The van der Waals surface area contributed by atoms with Gasteiger partial charge in [-0.3, -0.25) is 9.59 Å². The molecule has 7 nitrogen and oxygen atoms in total. The van der Waals surface area contributed by atoms with Gasteiger partial charge in [-0.1, -0.05) is 17.7 Å². The summed E-state index contributed by atoms with van der Waals surface area (Å²) >= 11 is 0. The summed E-state index contributed by atoms with van der Waals surface area (Å²) in [6.07, 6.45) is 4.52. The van der Waals surface area contributed by atoms with Crippen LogP contribution in [0.2, 0.25) is 0 Å². The van der Waals surface area contributed by atoms with Crippen molar-refractivity contribution >= 4 is 17.8 Å². The highest BCUT2D eigenvalue weighted by molar-refractivity contribution is 5.97. The summed E-state index contributed by atoms with van der Waals surface area (Å²) in [7, 11) is 0. The fourth-order valence-electron chi connectivity index (χ4n) is 4.69. The van der Waals surface area contributed by atoms with Crippen molar-refractivity contribution in [2.75, 3.05) is 19.6 Å². The lowest BCUT2D eigenvalue weighted by atomic mass is 9.87. The topological polar surface area (TPSA) is 81.8 Å². The summed E-state index contributed by atoms with van der Waals surface area (Å²) < 4.78 is 0. The highest BCUT2D eigenvalue weighted by Gasteiger charge is 2.38. The number of hydrogen-bond donors (Lipinski definition) is 2. The summed E-state index contributed by atoms with van der Waals surface area (Å²) in [4.78, 5) is 42.7. The number of amides is 4. The lowest BCUT2D eigenvalue weighted by Crippen LogP contribution is -2.57. The first-order valence-corrected chi connectivity index (χ1v) is 12.0. The van der Waals surface area contributed by atoms with Gasteiger partial charge in [0.2, 0.25) is 5.91 Å². The third-order valence-electron chi connectivity index (χ3n) is 6.66. The van der Waals surface area contributed by atoms with Crippen LogP contribution in [0.5, 0.6) is 0 Å². The van der Waals surface area contributed by atoms with Crippen LogP contribution in [0, 0.1) is 12.8 Å². The number of likely N-dealkylation sites (tertiary alicyclic amines) is 2. The Morgan fingerprint density at radius 3 is 2.19 bits per heavy atom. The lowest BCUT2D eigenvalue weighted by Gasteiger charge is -2.40. The van der Waals surface area contributed by atoms with E-state index in [1.165, 1.54) is 0 Å². The van der Waals surface area contributed by atoms with Crippen molar-refractivity contribution < 1.29 is 14.4 Å². The van der Waals surface area contributed by atoms with Crippen LogP contribution in [-0.2, 0) is 4.79 Å². The zero-order chi connectivity index (χ0) is 23.3. The van der Waals surface area contributed by atoms with E-state index in [1.54, 1.807) is 12.1 Å². The molecule has 2 aliphatic rings. The molecule has 4 amide bonds. The van der Waals surface area contributed by atoms with Crippen molar-refractivity contribution in [3.8, 4) is 0 Å². The molecule has 0 spiro atoms. The van der Waals surface area contributed by atoms with Crippen molar-refractivity contribution in [1.82, 2.24) is 20.4 Å². The van der Waals surface area contributed by atoms with Crippen LogP contribution >= 0.6 is 0 Å². The normalized spacial score (nSPS) is 20.7. The van der Waals surface area contributed by atoms with E-state index in [-0.39, 0.29) is 35.8 Å². The van der Waals surface area contributed by atoms with Gasteiger partial charge in [-0.25, -0.2) is 4.79 Å². The molecule has 7 heteroatoms. The van der Waals surface area contributed by atoms with Crippen LogP contribution in [0.4, 0.5) is 4.79 Å². The molecule has 1 aromatic carbocycles. The highest BCUT2D eigenvalue weighted by Crippen LogP contribution is 2.25. The number of carbonyl (C=O) groups excluding carboxylic acids is 3. The summed E-state index contributed by atoms with van der Waals surface area (Å²) in [6.45, 7) is 9.88. The van der Waals surface area contributed by atoms with Crippen LogP contribution in [0.25, 0.3) is 0 Å². The highest BCUT2D eigenvalue weighted by atomic mass is 16.2. The quantitative estimate of drug-likeness (QED) is 0.734. The van der Waals surface area contributed by atoms with Gasteiger partial charge in [0.05, 0.1) is 0 Å². The van der Waals surface area contributed by atoms with Gasteiger partial charge in [0.25, 0.3) is 5.91 Å². The minimum absolute atomic E-state index is 0.00845. The molecule has 176 valence electrons. The maximum atomic E-state index is 13.6. The van der Waals surface area contributed by atoms with E-state index in [1.807, 2.05) is 42.7 Å². The van der Waals surface area contributed by atoms with Crippen LogP contribution in [0.15, 0.2) is 24.3 Å². The molecule has 2 N–H and O–H groups in total. The minimum atomic E-state index is -0.570. The molecule has 2 heterocycles. The van der Waals surface area contributed by atoms with Crippen molar-refractivity contribution in [2.45, 2.75) is 77.9 Å². The van der Waals surface area contributed by atoms with E-state index in [2.05, 4.69) is 17.6 Å². The van der Waals surface area contributed by atoms with Gasteiger partial charge in [0, 0.05) is 37.3 Å². The predicted molar refractivity (Wildman–Crippen MR) is 125 cm³/mol. The van der Waals surface area contributed by atoms with E-state index in [0.717, 1.165) is 31.4 Å². The first kappa shape index (κ1) is 24.1. The van der Waals surface area contributed by atoms with Crippen molar-refractivity contribution in [3.05, 3.63) is 35.4 Å². The van der Waals surface area contributed by atoms with Gasteiger partial charge < -0.3 is 20.4 Å². The molecule has 0 aromatic heterocycles. The Kier molecular flexibility index (Phi) is 8.15. The molecular weight excluding hydrogens is 404 g/mol. The van der Waals surface area contributed by atoms with Crippen LogP contribution in [0.3, 0.4) is 0 Å². The summed E-state index contributed by atoms with van der Waals surface area (Å²) in [5.41, 5.74) is 1.65. The number of benzene rings is 1. The van der Waals surface area contributed by atoms with E-state index in [0.29, 0.717) is 31.5 Å². The molecule has 0 unspecified atom stereocenters. The number of rotatable bonds is 5. The Hall–Kier alpha value is -2.57. The fourth-order valence-corrected chi connectivity index (χ4v) is 4.69. The molecule has 2 aliphatic heterocycles. The summed E-state index contributed by atoms with van der Waals surface area (Å²) in [5.74, 6) is -0.190. The van der Waals surface area contributed by atoms with Gasteiger partial charge in [-0.05, 0) is 77.8 Å². The second kappa shape index (κ2) is 10.8. The molecule has 1 aromatic rings. The maximum absolute atomic E-state index is 13.6. The molecule has 2 atom stereocenters. The Balaban J connectivity index is 1.73. The molecule has 32 heavy (non-hydrogen) atoms. The smallest absolute Gasteiger partial charge is 0.317 e. The average Bonchev–Trinajstić information content (AvgIpc) is 2.77. The van der Waals surface area contributed by atoms with E-state index < -0.39 is 6.04 Å². The predicted octanol–water partition coefficient (Wildman–Crippen LogP) is 3.32. The largest absolute Gasteiger partial charge is 0.340 e. The minimum Gasteiger partial charge on any atom is -0.340 e. The second-order valence-corrected chi connectivity index (χ2v) is 9.62. The van der Waals surface area contributed by atoms with Crippen LogP contribution < -0.4 is 10.6 Å². The molecule has 3 rings (SSSR count). The lowest BCUT2D eigenvalue weighted by molar-refractivity contribution is -0.138. The zero-order valence-corrected chi connectivity index (χ0v) is 19.9. The number of nitrogens with zero attached hydrogens (tertiary/aromatic N) is 2. The second-order valence-electron chi connectivity index (χ2n) is 9.62. The molecular formula is C25H38N4O3. The Morgan fingerprint density at radius 2 is 1.59 bits per heavy atom. The number of piperidine rings is 2. The Bertz CT molecular complexity index is 800. The third-order valence-corrected chi connectivity index (χ3v) is 6.66. The van der Waals surface area contributed by atoms with Crippen molar-refractivity contribution in [1.29, 1.82) is 0 Å². The third kappa shape index (κ3) is 6.02. The van der Waals surface area contributed by atoms with Gasteiger partial charge in [-0.2, -0.15) is 0 Å². The summed E-state index contributed by atoms with van der Waals surface area (Å²) in [5, 5.41) is 6.00. The fraction of sp³-hybridized carbons (Fsp3) is 0.640. The number of aryl methyl sites for hydroxylation is 1. The summed E-state index contributed by atoms with van der Waals surface area (Å²) in [6, 6.07) is 7.06. The molecule has 0 aliphatic carbocycles. The van der Waals surface area contributed by atoms with Crippen LogP contribution in [-0.4, -0.2) is 65.4 Å². The number of urea groups is 1. The van der Waals surface area contributed by atoms with E-state index >= 15 is 0 Å². The molecule has 0 radical (unpaired) electrons. The standard InChI is InChI=1S/C25H38N4O3/c1-17(2)26-25(32)28-15-12-20(13-16-28)22(24(31)29-14-6-5-7-19(29)4)27-23(30)21-10-8-18(3)9-11-21/h8-11,17,19-20,22H,5-7,12-16H2,1-4H3,(H,26,32)(H,27,30)/t19-,22-/m1/s1. The van der Waals surface area contributed by atoms with Gasteiger partial charge >= 0.3 is 6.03 Å². The maximum Gasteiger partial charge on any atom is 0.317 e. The van der Waals surface area contributed by atoms with Crippen LogP contribution in [0.1, 0.15) is 68.8 Å². The molecule has 0 bridgehead atoms. The first-order chi connectivity index (χ1) is 15.3. The Morgan fingerprint density at radius 1 is 0.938 bits per heavy atom. The molecule has 2 saturated heterocycles. The van der Waals surface area contributed by atoms with Crippen molar-refractivity contribution in [3.63, 3.8) is 0 Å². The molecule has 0 saturated carbocycles. The van der Waals surface area contributed by atoms with Gasteiger partial charge in [-0.15, -0.1) is 0 Å². The SMILES string of the molecule is Cc1ccc(C(=O)N[C@@H](C(=O)N2CCCC[C@H]2C)C2CCN(C(=O)NC(C)C)CC2)cc1. The van der Waals surface area contributed by atoms with E-state index in [4.69, 9.17) is 0 Å². The van der Waals surface area contributed by atoms with Crippen molar-refractivity contribution in [2.24, 2.45) is 5.92 Å². The number of carbonyl (C=O) groups is 3. The average molecular weight is 443 g/mol. The zero-order valence-electron chi connectivity index (χ0n) is 19.9. The first-order valence-electron chi connectivity index (χ1n) is 12.0. The number of hydrogen-bond acceptors (Lipinski definition) is 3. The van der Waals surface area contributed by atoms with Gasteiger partial charge in [0.15, 0.2) is 0 Å². The Labute approximate surface area is 191 Å². The number of nitrogens with one attached hydrogen (secondary N) is 2.